The highest BCUT2D eigenvalue weighted by Gasteiger charge is 2.40. The van der Waals surface area contributed by atoms with Crippen LogP contribution in [0, 0.1) is 5.92 Å². The Balaban J connectivity index is 2.65. The first kappa shape index (κ1) is 13.8. The number of amides is 2. The fourth-order valence-corrected chi connectivity index (χ4v) is 2.08. The highest BCUT2D eigenvalue weighted by molar-refractivity contribution is 5.83. The SMILES string of the molecule is COCCN(C)C(=O)N1CCC(C)C1C(=O)O. The molecule has 1 aliphatic heterocycles. The van der Waals surface area contributed by atoms with Crippen LogP contribution in [0.15, 0.2) is 0 Å². The van der Waals surface area contributed by atoms with Gasteiger partial charge in [0.05, 0.1) is 6.61 Å². The van der Waals surface area contributed by atoms with E-state index in [4.69, 9.17) is 9.84 Å². The molecule has 2 atom stereocenters. The van der Waals surface area contributed by atoms with Gasteiger partial charge in [-0.2, -0.15) is 0 Å². The predicted molar refractivity (Wildman–Crippen MR) is 61.8 cm³/mol. The lowest BCUT2D eigenvalue weighted by Crippen LogP contribution is -2.48. The number of hydrogen-bond acceptors (Lipinski definition) is 3. The van der Waals surface area contributed by atoms with Crippen molar-refractivity contribution < 1.29 is 19.4 Å². The number of carbonyl (C=O) groups excluding carboxylic acids is 1. The zero-order valence-electron chi connectivity index (χ0n) is 10.5. The molecular formula is C11H20N2O4. The Labute approximate surface area is 101 Å². The Morgan fingerprint density at radius 2 is 2.18 bits per heavy atom. The third kappa shape index (κ3) is 3.09. The maximum atomic E-state index is 12.0. The first-order chi connectivity index (χ1) is 7.99. The van der Waals surface area contributed by atoms with Gasteiger partial charge in [0.1, 0.15) is 6.04 Å². The van der Waals surface area contributed by atoms with Crippen molar-refractivity contribution in [2.45, 2.75) is 19.4 Å². The molecule has 0 aliphatic carbocycles. The number of carboxylic acids is 1. The number of hydrogen-bond donors (Lipinski definition) is 1. The summed E-state index contributed by atoms with van der Waals surface area (Å²) in [7, 11) is 3.22. The van der Waals surface area contributed by atoms with Crippen LogP contribution in [0.5, 0.6) is 0 Å². The molecule has 1 fully saturated rings. The van der Waals surface area contributed by atoms with Gasteiger partial charge in [-0.15, -0.1) is 0 Å². The van der Waals surface area contributed by atoms with E-state index in [0.717, 1.165) is 6.42 Å². The van der Waals surface area contributed by atoms with Crippen molar-refractivity contribution in [1.82, 2.24) is 9.80 Å². The molecule has 6 heteroatoms. The van der Waals surface area contributed by atoms with Crippen molar-refractivity contribution >= 4 is 12.0 Å². The second-order valence-corrected chi connectivity index (χ2v) is 4.44. The fraction of sp³-hybridized carbons (Fsp3) is 0.818. The monoisotopic (exact) mass is 244 g/mol. The molecule has 0 saturated carbocycles. The number of methoxy groups -OCH3 is 1. The zero-order valence-corrected chi connectivity index (χ0v) is 10.5. The highest BCUT2D eigenvalue weighted by Crippen LogP contribution is 2.24. The fourth-order valence-electron chi connectivity index (χ4n) is 2.08. The maximum absolute atomic E-state index is 12.0. The van der Waals surface area contributed by atoms with Crippen LogP contribution in [0.25, 0.3) is 0 Å². The van der Waals surface area contributed by atoms with E-state index in [9.17, 15) is 9.59 Å². The summed E-state index contributed by atoms with van der Waals surface area (Å²) in [5.41, 5.74) is 0. The number of ether oxygens (including phenoxy) is 1. The van der Waals surface area contributed by atoms with Gasteiger partial charge >= 0.3 is 12.0 Å². The van der Waals surface area contributed by atoms with Gasteiger partial charge in [0.15, 0.2) is 0 Å². The molecule has 6 nitrogen and oxygen atoms in total. The van der Waals surface area contributed by atoms with Gasteiger partial charge in [0.25, 0.3) is 0 Å². The number of likely N-dealkylation sites (tertiary alicyclic amines) is 1. The van der Waals surface area contributed by atoms with Crippen LogP contribution < -0.4 is 0 Å². The number of carboxylic acid groups (broad SMARTS) is 1. The Hall–Kier alpha value is -1.30. The largest absolute Gasteiger partial charge is 0.480 e. The van der Waals surface area contributed by atoms with Gasteiger partial charge in [-0.3, -0.25) is 0 Å². The molecule has 0 aromatic rings. The highest BCUT2D eigenvalue weighted by atomic mass is 16.5. The van der Waals surface area contributed by atoms with Crippen molar-refractivity contribution in [1.29, 1.82) is 0 Å². The van der Waals surface area contributed by atoms with Crippen molar-refractivity contribution in [2.24, 2.45) is 5.92 Å². The topological polar surface area (TPSA) is 70.1 Å². The molecule has 2 amide bonds. The average Bonchev–Trinajstić information content (AvgIpc) is 2.66. The Morgan fingerprint density at radius 1 is 1.53 bits per heavy atom. The molecule has 1 saturated heterocycles. The van der Waals surface area contributed by atoms with E-state index in [2.05, 4.69) is 0 Å². The number of rotatable bonds is 4. The lowest BCUT2D eigenvalue weighted by atomic mass is 10.0. The third-order valence-corrected chi connectivity index (χ3v) is 3.16. The molecule has 1 heterocycles. The zero-order chi connectivity index (χ0) is 13.0. The quantitative estimate of drug-likeness (QED) is 0.781. The number of carbonyl (C=O) groups is 2. The van der Waals surface area contributed by atoms with E-state index in [1.54, 1.807) is 14.2 Å². The number of aliphatic carboxylic acids is 1. The number of urea groups is 1. The van der Waals surface area contributed by atoms with E-state index >= 15 is 0 Å². The molecular weight excluding hydrogens is 224 g/mol. The summed E-state index contributed by atoms with van der Waals surface area (Å²) in [5, 5.41) is 9.12. The average molecular weight is 244 g/mol. The molecule has 2 unspecified atom stereocenters. The van der Waals surface area contributed by atoms with Gasteiger partial charge in [-0.1, -0.05) is 6.92 Å². The van der Waals surface area contributed by atoms with Crippen molar-refractivity contribution in [2.75, 3.05) is 33.9 Å². The molecule has 0 bridgehead atoms. The minimum atomic E-state index is -0.927. The van der Waals surface area contributed by atoms with Crippen LogP contribution in [0.4, 0.5) is 4.79 Å². The van der Waals surface area contributed by atoms with Gasteiger partial charge in [-0.05, 0) is 12.3 Å². The van der Waals surface area contributed by atoms with E-state index in [1.807, 2.05) is 6.92 Å². The van der Waals surface area contributed by atoms with E-state index in [1.165, 1.54) is 9.80 Å². The summed E-state index contributed by atoms with van der Waals surface area (Å²) in [5.74, 6) is -0.921. The van der Waals surface area contributed by atoms with Crippen molar-refractivity contribution in [3.05, 3.63) is 0 Å². The van der Waals surface area contributed by atoms with Crippen LogP contribution in [-0.2, 0) is 9.53 Å². The van der Waals surface area contributed by atoms with E-state index < -0.39 is 12.0 Å². The smallest absolute Gasteiger partial charge is 0.326 e. The Kier molecular flexibility index (Phi) is 4.74. The van der Waals surface area contributed by atoms with Crippen LogP contribution in [-0.4, -0.2) is 66.8 Å². The van der Waals surface area contributed by atoms with Gasteiger partial charge in [0.2, 0.25) is 0 Å². The van der Waals surface area contributed by atoms with Crippen LogP contribution in [0.2, 0.25) is 0 Å². The standard InChI is InChI=1S/C11H20N2O4/c1-8-4-5-13(9(8)10(14)15)11(16)12(2)6-7-17-3/h8-9H,4-7H2,1-3H3,(H,14,15). The molecule has 98 valence electrons. The van der Waals surface area contributed by atoms with E-state index in [0.29, 0.717) is 19.7 Å². The molecule has 1 N–H and O–H groups in total. The van der Waals surface area contributed by atoms with E-state index in [-0.39, 0.29) is 11.9 Å². The summed E-state index contributed by atoms with van der Waals surface area (Å²) >= 11 is 0. The molecule has 0 aromatic carbocycles. The first-order valence-corrected chi connectivity index (χ1v) is 5.72. The summed E-state index contributed by atoms with van der Waals surface area (Å²) < 4.78 is 4.89. The summed E-state index contributed by atoms with van der Waals surface area (Å²) in [4.78, 5) is 26.1. The van der Waals surface area contributed by atoms with Crippen molar-refractivity contribution in [3.63, 3.8) is 0 Å². The lowest BCUT2D eigenvalue weighted by molar-refractivity contribution is -0.142. The number of likely N-dealkylation sites (N-methyl/N-ethyl adjacent to an activating group) is 1. The van der Waals surface area contributed by atoms with Gasteiger partial charge < -0.3 is 19.6 Å². The predicted octanol–water partition coefficient (Wildman–Crippen LogP) is 0.480. The second-order valence-electron chi connectivity index (χ2n) is 4.44. The summed E-state index contributed by atoms with van der Waals surface area (Å²) in [6.07, 6.45) is 0.737. The first-order valence-electron chi connectivity index (χ1n) is 5.72. The normalized spacial score (nSPS) is 23.8. The second kappa shape index (κ2) is 5.86. The maximum Gasteiger partial charge on any atom is 0.326 e. The third-order valence-electron chi connectivity index (χ3n) is 3.16. The summed E-state index contributed by atoms with van der Waals surface area (Å²) in [6, 6.07) is -0.939. The van der Waals surface area contributed by atoms with Crippen LogP contribution >= 0.6 is 0 Å². The van der Waals surface area contributed by atoms with Crippen LogP contribution in [0.1, 0.15) is 13.3 Å². The molecule has 0 aromatic heterocycles. The van der Waals surface area contributed by atoms with Crippen LogP contribution in [0.3, 0.4) is 0 Å². The molecule has 0 radical (unpaired) electrons. The Morgan fingerprint density at radius 3 is 2.71 bits per heavy atom. The van der Waals surface area contributed by atoms with Gasteiger partial charge in [0, 0.05) is 27.2 Å². The summed E-state index contributed by atoms with van der Waals surface area (Å²) in [6.45, 7) is 3.28. The minimum Gasteiger partial charge on any atom is -0.480 e. The molecule has 1 rings (SSSR count). The van der Waals surface area contributed by atoms with Crippen molar-refractivity contribution in [3.8, 4) is 0 Å². The minimum absolute atomic E-state index is 0.00674. The van der Waals surface area contributed by atoms with Gasteiger partial charge in [-0.25, -0.2) is 9.59 Å². The Bertz CT molecular complexity index is 295. The molecule has 0 spiro atoms. The molecule has 1 aliphatic rings. The molecule has 17 heavy (non-hydrogen) atoms. The number of nitrogens with zero attached hydrogens (tertiary/aromatic N) is 2. The lowest BCUT2D eigenvalue weighted by Gasteiger charge is -2.28.